The second kappa shape index (κ2) is 22.5. The highest BCUT2D eigenvalue weighted by molar-refractivity contribution is 4.60. The third kappa shape index (κ3) is 19.5. The van der Waals surface area contributed by atoms with Gasteiger partial charge in [0.1, 0.15) is 6.79 Å². The number of rotatable bonds is 22. The van der Waals surface area contributed by atoms with Gasteiger partial charge in [-0.2, -0.15) is 0 Å². The van der Waals surface area contributed by atoms with E-state index in [-0.39, 0.29) is 0 Å². The van der Waals surface area contributed by atoms with Gasteiger partial charge < -0.3 is 14.2 Å². The average molecular weight is 414 g/mol. The molecular formula is C25H51NO3. The second-order valence-electron chi connectivity index (χ2n) is 8.69. The Morgan fingerprint density at radius 1 is 0.586 bits per heavy atom. The van der Waals surface area contributed by atoms with E-state index in [1.165, 1.54) is 103 Å². The van der Waals surface area contributed by atoms with Gasteiger partial charge in [0.05, 0.1) is 19.8 Å². The summed E-state index contributed by atoms with van der Waals surface area (Å²) in [5.74, 6) is 0. The Bertz CT molecular complexity index is 308. The molecule has 0 saturated carbocycles. The molecule has 0 aromatic carbocycles. The van der Waals surface area contributed by atoms with Gasteiger partial charge in [-0.3, -0.25) is 4.90 Å². The van der Waals surface area contributed by atoms with E-state index in [2.05, 4.69) is 11.8 Å². The number of ether oxygens (including phenoxy) is 3. The van der Waals surface area contributed by atoms with Crippen molar-refractivity contribution in [3.8, 4) is 0 Å². The van der Waals surface area contributed by atoms with Crippen LogP contribution in [-0.2, 0) is 14.2 Å². The number of hydrogen-bond acceptors (Lipinski definition) is 4. The fourth-order valence-corrected chi connectivity index (χ4v) is 3.95. The predicted molar refractivity (Wildman–Crippen MR) is 124 cm³/mol. The monoisotopic (exact) mass is 413 g/mol. The number of unbranched alkanes of at least 4 members (excludes halogenated alkanes) is 15. The maximum absolute atomic E-state index is 5.58. The minimum atomic E-state index is 0.448. The van der Waals surface area contributed by atoms with E-state index in [4.69, 9.17) is 14.2 Å². The quantitative estimate of drug-likeness (QED) is 0.148. The molecule has 0 spiro atoms. The molecule has 29 heavy (non-hydrogen) atoms. The largest absolute Gasteiger partial charge is 0.379 e. The molecule has 0 aliphatic carbocycles. The van der Waals surface area contributed by atoms with Crippen LogP contribution in [0.1, 0.15) is 110 Å². The standard InChI is InChI=1S/C25H51NO3/c1-2-3-4-5-6-7-8-9-10-11-12-13-14-15-16-17-21-28-25-29-24-20-26-18-22-27-23-19-26/h2-25H2,1H3. The first-order valence-corrected chi connectivity index (χ1v) is 12.9. The van der Waals surface area contributed by atoms with Gasteiger partial charge in [-0.1, -0.05) is 103 Å². The van der Waals surface area contributed by atoms with Gasteiger partial charge >= 0.3 is 0 Å². The molecule has 0 amide bonds. The Hall–Kier alpha value is -0.160. The molecule has 0 N–H and O–H groups in total. The second-order valence-corrected chi connectivity index (χ2v) is 8.69. The Balaban J connectivity index is 1.63. The molecule has 1 aliphatic heterocycles. The molecular weight excluding hydrogens is 362 g/mol. The summed E-state index contributed by atoms with van der Waals surface area (Å²) in [7, 11) is 0. The van der Waals surface area contributed by atoms with Gasteiger partial charge in [0.2, 0.25) is 0 Å². The van der Waals surface area contributed by atoms with E-state index < -0.39 is 0 Å². The van der Waals surface area contributed by atoms with Gasteiger partial charge in [0, 0.05) is 26.2 Å². The first-order chi connectivity index (χ1) is 14.4. The van der Waals surface area contributed by atoms with E-state index in [9.17, 15) is 0 Å². The third-order valence-corrected chi connectivity index (χ3v) is 5.96. The van der Waals surface area contributed by atoms with Crippen LogP contribution in [0.5, 0.6) is 0 Å². The summed E-state index contributed by atoms with van der Waals surface area (Å²) in [6.07, 6.45) is 22.5. The van der Waals surface area contributed by atoms with Crippen LogP contribution in [-0.4, -0.2) is 57.8 Å². The molecule has 0 aromatic heterocycles. The van der Waals surface area contributed by atoms with E-state index in [0.29, 0.717) is 6.79 Å². The fraction of sp³-hybridized carbons (Fsp3) is 1.00. The summed E-state index contributed by atoms with van der Waals surface area (Å²) >= 11 is 0. The van der Waals surface area contributed by atoms with Gasteiger partial charge in [0.15, 0.2) is 0 Å². The van der Waals surface area contributed by atoms with Crippen molar-refractivity contribution < 1.29 is 14.2 Å². The van der Waals surface area contributed by atoms with Crippen LogP contribution in [0.25, 0.3) is 0 Å². The maximum atomic E-state index is 5.58. The van der Waals surface area contributed by atoms with Crippen LogP contribution in [0.15, 0.2) is 0 Å². The molecule has 1 aliphatic rings. The minimum Gasteiger partial charge on any atom is -0.379 e. The minimum absolute atomic E-state index is 0.448. The topological polar surface area (TPSA) is 30.9 Å². The van der Waals surface area contributed by atoms with Gasteiger partial charge in [0.25, 0.3) is 0 Å². The average Bonchev–Trinajstić information content (AvgIpc) is 2.75. The van der Waals surface area contributed by atoms with E-state index in [1.807, 2.05) is 0 Å². The third-order valence-electron chi connectivity index (χ3n) is 5.96. The molecule has 0 bridgehead atoms. The van der Waals surface area contributed by atoms with Gasteiger partial charge in [-0.15, -0.1) is 0 Å². The number of hydrogen-bond donors (Lipinski definition) is 0. The van der Waals surface area contributed by atoms with Gasteiger partial charge in [-0.25, -0.2) is 0 Å². The van der Waals surface area contributed by atoms with Crippen LogP contribution in [0.2, 0.25) is 0 Å². The van der Waals surface area contributed by atoms with E-state index >= 15 is 0 Å². The SMILES string of the molecule is CCCCCCCCCCCCCCCCCCOCOCCN1CCOCC1. The highest BCUT2D eigenvalue weighted by Gasteiger charge is 2.09. The van der Waals surface area contributed by atoms with E-state index in [1.54, 1.807) is 0 Å². The van der Waals surface area contributed by atoms with Crippen molar-refractivity contribution in [2.24, 2.45) is 0 Å². The summed E-state index contributed by atoms with van der Waals surface area (Å²) in [6, 6.07) is 0. The summed E-state index contributed by atoms with van der Waals surface area (Å²) < 4.78 is 16.5. The predicted octanol–water partition coefficient (Wildman–Crippen LogP) is 6.57. The summed E-state index contributed by atoms with van der Waals surface area (Å²) in [6.45, 7) is 9.11. The molecule has 1 fully saturated rings. The molecule has 174 valence electrons. The normalized spacial score (nSPS) is 15.2. The molecule has 1 heterocycles. The zero-order valence-electron chi connectivity index (χ0n) is 19.6. The lowest BCUT2D eigenvalue weighted by atomic mass is 10.0. The highest BCUT2D eigenvalue weighted by atomic mass is 16.7. The highest BCUT2D eigenvalue weighted by Crippen LogP contribution is 2.13. The maximum Gasteiger partial charge on any atom is 0.146 e. The lowest BCUT2D eigenvalue weighted by Crippen LogP contribution is -2.38. The number of morpholine rings is 1. The van der Waals surface area contributed by atoms with Crippen molar-refractivity contribution in [3.05, 3.63) is 0 Å². The Kier molecular flexibility index (Phi) is 20.9. The van der Waals surface area contributed by atoms with Crippen LogP contribution in [0, 0.1) is 0 Å². The lowest BCUT2D eigenvalue weighted by molar-refractivity contribution is -0.0642. The van der Waals surface area contributed by atoms with Crippen molar-refractivity contribution in [2.45, 2.75) is 110 Å². The summed E-state index contributed by atoms with van der Waals surface area (Å²) in [4.78, 5) is 2.39. The van der Waals surface area contributed by atoms with Crippen molar-refractivity contribution in [1.82, 2.24) is 4.90 Å². The van der Waals surface area contributed by atoms with Crippen molar-refractivity contribution in [3.63, 3.8) is 0 Å². The van der Waals surface area contributed by atoms with Crippen LogP contribution >= 0.6 is 0 Å². The van der Waals surface area contributed by atoms with Crippen LogP contribution in [0.4, 0.5) is 0 Å². The first-order valence-electron chi connectivity index (χ1n) is 12.9. The van der Waals surface area contributed by atoms with Crippen LogP contribution in [0.3, 0.4) is 0 Å². The van der Waals surface area contributed by atoms with Gasteiger partial charge in [-0.05, 0) is 6.42 Å². The van der Waals surface area contributed by atoms with Crippen LogP contribution < -0.4 is 0 Å². The number of nitrogens with zero attached hydrogens (tertiary/aromatic N) is 1. The molecule has 1 saturated heterocycles. The summed E-state index contributed by atoms with van der Waals surface area (Å²) in [5, 5.41) is 0. The molecule has 0 unspecified atom stereocenters. The molecule has 0 radical (unpaired) electrons. The molecule has 4 nitrogen and oxygen atoms in total. The molecule has 0 atom stereocenters. The molecule has 4 heteroatoms. The fourth-order valence-electron chi connectivity index (χ4n) is 3.95. The van der Waals surface area contributed by atoms with Crippen molar-refractivity contribution in [2.75, 3.05) is 52.9 Å². The lowest BCUT2D eigenvalue weighted by Gasteiger charge is -2.26. The zero-order chi connectivity index (χ0) is 20.7. The van der Waals surface area contributed by atoms with E-state index in [0.717, 1.165) is 46.1 Å². The first kappa shape index (κ1) is 26.9. The molecule has 1 rings (SSSR count). The smallest absolute Gasteiger partial charge is 0.146 e. The zero-order valence-corrected chi connectivity index (χ0v) is 19.6. The Morgan fingerprint density at radius 2 is 1.03 bits per heavy atom. The van der Waals surface area contributed by atoms with Crippen molar-refractivity contribution in [1.29, 1.82) is 0 Å². The molecule has 0 aromatic rings. The Morgan fingerprint density at radius 3 is 1.55 bits per heavy atom. The van der Waals surface area contributed by atoms with Crippen molar-refractivity contribution >= 4 is 0 Å². The summed E-state index contributed by atoms with van der Waals surface area (Å²) in [5.41, 5.74) is 0. The Labute approximate surface area is 182 Å².